The molecule has 10 heteroatoms. The van der Waals surface area contributed by atoms with E-state index in [-0.39, 0.29) is 17.9 Å². The summed E-state index contributed by atoms with van der Waals surface area (Å²) in [6.45, 7) is 2.40. The Bertz CT molecular complexity index is 792. The minimum atomic E-state index is -5.08. The summed E-state index contributed by atoms with van der Waals surface area (Å²) in [5.41, 5.74) is 6.86. The Morgan fingerprint density at radius 2 is 1.74 bits per heavy atom. The highest BCUT2D eigenvalue weighted by Gasteiger charge is 2.38. The molecule has 0 aromatic heterocycles. The fourth-order valence-electron chi connectivity index (χ4n) is 3.40. The number of amides is 2. The van der Waals surface area contributed by atoms with Crippen LogP contribution in [0.4, 0.5) is 13.2 Å². The second-order valence-corrected chi connectivity index (χ2v) is 8.34. The number of aryl methyl sites for hydroxylation is 1. The molecule has 7 nitrogen and oxygen atoms in total. The first-order chi connectivity index (χ1) is 16.0. The molecule has 2 amide bonds. The fraction of sp³-hybridized carbons (Fsp3) is 0.542. The van der Waals surface area contributed by atoms with Gasteiger partial charge in [-0.2, -0.15) is 13.2 Å². The summed E-state index contributed by atoms with van der Waals surface area (Å²) in [7, 11) is 0. The van der Waals surface area contributed by atoms with Crippen molar-refractivity contribution in [3.63, 3.8) is 0 Å². The van der Waals surface area contributed by atoms with Crippen LogP contribution in [0.15, 0.2) is 42.5 Å². The lowest BCUT2D eigenvalue weighted by Crippen LogP contribution is -2.43. The molecule has 0 spiro atoms. The lowest BCUT2D eigenvalue weighted by Gasteiger charge is -2.21. The van der Waals surface area contributed by atoms with Crippen LogP contribution in [-0.4, -0.2) is 47.7 Å². The molecule has 1 aliphatic rings. The minimum Gasteiger partial charge on any atom is -0.475 e. The van der Waals surface area contributed by atoms with Gasteiger partial charge in [0.1, 0.15) is 0 Å². The summed E-state index contributed by atoms with van der Waals surface area (Å²) in [6, 6.07) is 9.31. The van der Waals surface area contributed by atoms with Crippen molar-refractivity contribution in [2.45, 2.75) is 70.1 Å². The van der Waals surface area contributed by atoms with Gasteiger partial charge in [-0.15, -0.1) is 0 Å². The van der Waals surface area contributed by atoms with Crippen LogP contribution in [-0.2, 0) is 20.8 Å². The van der Waals surface area contributed by atoms with Crippen LogP contribution in [0.1, 0.15) is 51.0 Å². The maximum atomic E-state index is 12.1. The van der Waals surface area contributed by atoms with E-state index in [1.54, 1.807) is 19.1 Å². The zero-order chi connectivity index (χ0) is 25.6. The molecule has 0 unspecified atom stereocenters. The third kappa shape index (κ3) is 13.0. The quantitative estimate of drug-likeness (QED) is 0.400. The highest BCUT2D eigenvalue weighted by Crippen LogP contribution is 2.22. The van der Waals surface area contributed by atoms with E-state index < -0.39 is 18.2 Å². The number of carboxylic acids is 1. The predicted molar refractivity (Wildman–Crippen MR) is 123 cm³/mol. The lowest BCUT2D eigenvalue weighted by molar-refractivity contribution is -0.192. The van der Waals surface area contributed by atoms with Gasteiger partial charge in [0.25, 0.3) is 0 Å². The van der Waals surface area contributed by atoms with Crippen molar-refractivity contribution in [2.75, 3.05) is 6.54 Å². The summed E-state index contributed by atoms with van der Waals surface area (Å²) in [4.78, 5) is 33.0. The van der Waals surface area contributed by atoms with Crippen molar-refractivity contribution in [2.24, 2.45) is 11.7 Å². The zero-order valence-electron chi connectivity index (χ0n) is 19.3. The number of rotatable bonds is 9. The molecule has 1 aliphatic carbocycles. The highest BCUT2D eigenvalue weighted by molar-refractivity contribution is 5.87. The van der Waals surface area contributed by atoms with E-state index in [0.29, 0.717) is 5.92 Å². The Hall–Kier alpha value is -2.88. The number of hydrogen-bond donors (Lipinski definition) is 4. The lowest BCUT2D eigenvalue weighted by atomic mass is 9.89. The van der Waals surface area contributed by atoms with Crippen LogP contribution in [0.3, 0.4) is 0 Å². The first-order valence-corrected chi connectivity index (χ1v) is 11.3. The molecule has 0 heterocycles. The third-order valence-corrected chi connectivity index (χ3v) is 5.34. The van der Waals surface area contributed by atoms with Crippen LogP contribution in [0.5, 0.6) is 0 Å². The Kier molecular flexibility index (Phi) is 13.0. The number of aliphatic carboxylic acids is 1. The molecule has 1 saturated carbocycles. The van der Waals surface area contributed by atoms with Crippen LogP contribution in [0.25, 0.3) is 0 Å². The normalized spacial score (nSPS) is 16.1. The molecule has 2 atom stereocenters. The Balaban J connectivity index is 0.000000718. The van der Waals surface area contributed by atoms with Crippen LogP contribution < -0.4 is 16.4 Å². The van der Waals surface area contributed by atoms with Crippen LogP contribution >= 0.6 is 0 Å². The summed E-state index contributed by atoms with van der Waals surface area (Å²) >= 11 is 0. The first-order valence-electron chi connectivity index (χ1n) is 11.3. The molecule has 1 aromatic rings. The second-order valence-electron chi connectivity index (χ2n) is 8.34. The molecule has 5 N–H and O–H groups in total. The average molecular weight is 486 g/mol. The van der Waals surface area contributed by atoms with Gasteiger partial charge in [-0.1, -0.05) is 55.7 Å². The van der Waals surface area contributed by atoms with Gasteiger partial charge in [0.05, 0.1) is 6.04 Å². The molecular weight excluding hydrogens is 451 g/mol. The highest BCUT2D eigenvalue weighted by atomic mass is 19.4. The number of nitrogens with one attached hydrogen (secondary N) is 2. The van der Waals surface area contributed by atoms with E-state index in [0.717, 1.165) is 19.4 Å². The number of carbonyl (C=O) groups is 3. The van der Waals surface area contributed by atoms with Crippen LogP contribution in [0.2, 0.25) is 0 Å². The molecule has 1 fully saturated rings. The Morgan fingerprint density at radius 3 is 2.26 bits per heavy atom. The number of alkyl halides is 3. The largest absolute Gasteiger partial charge is 0.490 e. The van der Waals surface area contributed by atoms with Crippen molar-refractivity contribution < 1.29 is 32.7 Å². The van der Waals surface area contributed by atoms with Gasteiger partial charge in [-0.05, 0) is 44.1 Å². The summed E-state index contributed by atoms with van der Waals surface area (Å²) < 4.78 is 31.7. The van der Waals surface area contributed by atoms with Crippen molar-refractivity contribution in [3.8, 4) is 0 Å². The van der Waals surface area contributed by atoms with Gasteiger partial charge in [-0.3, -0.25) is 9.59 Å². The van der Waals surface area contributed by atoms with E-state index in [9.17, 15) is 22.8 Å². The Morgan fingerprint density at radius 1 is 1.15 bits per heavy atom. The van der Waals surface area contributed by atoms with Gasteiger partial charge in [0.2, 0.25) is 11.8 Å². The summed E-state index contributed by atoms with van der Waals surface area (Å²) in [5, 5.41) is 13.0. The number of carboxylic acid groups (broad SMARTS) is 1. The van der Waals surface area contributed by atoms with Crippen molar-refractivity contribution in [1.29, 1.82) is 0 Å². The molecule has 0 aliphatic heterocycles. The van der Waals surface area contributed by atoms with Crippen molar-refractivity contribution in [3.05, 3.63) is 48.0 Å². The topological polar surface area (TPSA) is 122 Å². The number of nitrogens with two attached hydrogens (primary N) is 1. The number of halogens is 3. The van der Waals surface area contributed by atoms with Gasteiger partial charge in [0, 0.05) is 18.7 Å². The Labute approximate surface area is 198 Å². The number of hydrogen-bond acceptors (Lipinski definition) is 4. The van der Waals surface area contributed by atoms with E-state index in [2.05, 4.69) is 22.8 Å². The van der Waals surface area contributed by atoms with E-state index in [1.807, 2.05) is 18.2 Å². The molecular formula is C24H34F3N3O4. The molecule has 34 heavy (non-hydrogen) atoms. The zero-order valence-corrected chi connectivity index (χ0v) is 19.3. The second kappa shape index (κ2) is 15.1. The van der Waals surface area contributed by atoms with Gasteiger partial charge >= 0.3 is 12.1 Å². The monoisotopic (exact) mass is 485 g/mol. The van der Waals surface area contributed by atoms with E-state index >= 15 is 0 Å². The standard InChI is InChI=1S/C22H33N3O2.C2HF3O2/c1-17(23)22(27)25-20(13-12-18-8-4-2-5-9-18)14-15-21(26)24-16-19-10-6-3-7-11-19;3-2(4,5)1(6)7/h2,4-5,8-9,14-15,17,19-20H,3,6-7,10-13,16,23H2,1H3,(H,24,26)(H,25,27);(H,6,7)/t17-,20-;/m0./s1. The van der Waals surface area contributed by atoms with Gasteiger partial charge < -0.3 is 21.5 Å². The maximum Gasteiger partial charge on any atom is 0.490 e. The van der Waals surface area contributed by atoms with Crippen molar-refractivity contribution in [1.82, 2.24) is 10.6 Å². The molecule has 190 valence electrons. The average Bonchev–Trinajstić information content (AvgIpc) is 2.80. The molecule has 2 rings (SSSR count). The SMILES string of the molecule is C[C@H](N)C(=O)N[C@H](C=CC(=O)NCC1CCCCC1)CCc1ccccc1.O=C(O)C(F)(F)F. The summed E-state index contributed by atoms with van der Waals surface area (Å²) in [6.07, 6.45) is 6.02. The first kappa shape index (κ1) is 29.2. The maximum absolute atomic E-state index is 12.1. The van der Waals surface area contributed by atoms with E-state index in [4.69, 9.17) is 15.6 Å². The minimum absolute atomic E-state index is 0.0969. The van der Waals surface area contributed by atoms with Gasteiger partial charge in [-0.25, -0.2) is 4.79 Å². The molecule has 0 radical (unpaired) electrons. The van der Waals surface area contributed by atoms with Gasteiger partial charge in [0.15, 0.2) is 0 Å². The van der Waals surface area contributed by atoms with E-state index in [1.165, 1.54) is 37.7 Å². The smallest absolute Gasteiger partial charge is 0.475 e. The van der Waals surface area contributed by atoms with Crippen LogP contribution in [0, 0.1) is 5.92 Å². The summed E-state index contributed by atoms with van der Waals surface area (Å²) in [5.74, 6) is -2.46. The fourth-order valence-corrected chi connectivity index (χ4v) is 3.40. The van der Waals surface area contributed by atoms with Crippen molar-refractivity contribution >= 4 is 17.8 Å². The molecule has 1 aromatic carbocycles. The number of carbonyl (C=O) groups excluding carboxylic acids is 2. The molecule has 0 bridgehead atoms. The predicted octanol–water partition coefficient (Wildman–Crippen LogP) is 3.34. The third-order valence-electron chi connectivity index (χ3n) is 5.34. The molecule has 0 saturated heterocycles. The number of benzene rings is 1.